The molecule has 0 aliphatic rings. The van der Waals surface area contributed by atoms with Crippen molar-refractivity contribution in [2.24, 2.45) is 5.14 Å². The Labute approximate surface area is 95.3 Å². The first-order valence-corrected chi connectivity index (χ1v) is 6.24. The molecular weight excluding hydrogens is 290 g/mol. The van der Waals surface area contributed by atoms with Crippen LogP contribution in [0.15, 0.2) is 9.79 Å². The summed E-state index contributed by atoms with van der Waals surface area (Å²) in [4.78, 5) is -3.87. The van der Waals surface area contributed by atoms with Gasteiger partial charge in [-0.1, -0.05) is 0 Å². The van der Waals surface area contributed by atoms with Crippen molar-refractivity contribution in [1.29, 1.82) is 0 Å². The Morgan fingerprint density at radius 3 is 1.65 bits per heavy atom. The molecule has 3 N–H and O–H groups in total. The van der Waals surface area contributed by atoms with Crippen molar-refractivity contribution in [3.8, 4) is 0 Å². The lowest BCUT2D eigenvalue weighted by Crippen LogP contribution is -2.20. The van der Waals surface area contributed by atoms with Gasteiger partial charge in [0, 0.05) is 0 Å². The van der Waals surface area contributed by atoms with Crippen molar-refractivity contribution in [3.63, 3.8) is 0 Å². The average Bonchev–Trinajstić information content (AvgIpc) is 2.12. The highest BCUT2D eigenvalue weighted by Crippen LogP contribution is 2.29. The fraction of sp³-hybridized carbons (Fsp3) is 0. The first-order valence-electron chi connectivity index (χ1n) is 3.58. The molecule has 1 atom stereocenters. The van der Waals surface area contributed by atoms with Gasteiger partial charge in [0.1, 0.15) is 0 Å². The second kappa shape index (κ2) is 4.42. The van der Waals surface area contributed by atoms with Crippen LogP contribution in [-0.2, 0) is 21.5 Å². The van der Waals surface area contributed by atoms with E-state index in [-0.39, 0.29) is 0 Å². The summed E-state index contributed by atoms with van der Waals surface area (Å²) in [7, 11) is -5.52. The number of halogens is 4. The molecule has 0 saturated carbocycles. The fourth-order valence-electron chi connectivity index (χ4n) is 0.995. The summed E-state index contributed by atoms with van der Waals surface area (Å²) in [5.74, 6) is -9.31. The standard InChI is InChI=1S/C6H3F4NO4S2/c7-1-3(9)6(17(13,14)15)4(10)2(8)5(1)16(11)12/h11H2,(H,13,14,15). The van der Waals surface area contributed by atoms with Crippen LogP contribution in [0.4, 0.5) is 17.6 Å². The van der Waals surface area contributed by atoms with Crippen LogP contribution in [0.5, 0.6) is 0 Å². The third-order valence-electron chi connectivity index (χ3n) is 1.64. The van der Waals surface area contributed by atoms with Gasteiger partial charge >= 0.3 is 10.1 Å². The number of benzene rings is 1. The van der Waals surface area contributed by atoms with Crippen molar-refractivity contribution in [1.82, 2.24) is 0 Å². The number of hydrogen-bond donors (Lipinski definition) is 2. The minimum absolute atomic E-state index is 1.66. The van der Waals surface area contributed by atoms with Gasteiger partial charge in [-0.3, -0.25) is 4.55 Å². The molecule has 0 aliphatic heterocycles. The van der Waals surface area contributed by atoms with E-state index >= 15 is 0 Å². The van der Waals surface area contributed by atoms with Gasteiger partial charge < -0.3 is 4.55 Å². The Bertz CT molecular complexity index is 545. The highest BCUT2D eigenvalue weighted by Gasteiger charge is 2.36. The topological polar surface area (TPSA) is 103 Å². The van der Waals surface area contributed by atoms with Crippen molar-refractivity contribution in [2.45, 2.75) is 9.79 Å². The summed E-state index contributed by atoms with van der Waals surface area (Å²) < 4.78 is 92.2. The molecule has 11 heteroatoms. The van der Waals surface area contributed by atoms with Crippen molar-refractivity contribution < 1.29 is 35.1 Å². The lowest BCUT2D eigenvalue weighted by Gasteiger charge is -2.09. The number of rotatable bonds is 2. The van der Waals surface area contributed by atoms with E-state index in [0.717, 1.165) is 0 Å². The molecule has 1 unspecified atom stereocenters. The second-order valence-electron chi connectivity index (χ2n) is 2.69. The van der Waals surface area contributed by atoms with E-state index in [0.29, 0.717) is 0 Å². The van der Waals surface area contributed by atoms with Gasteiger partial charge in [-0.25, -0.2) is 8.78 Å². The molecule has 0 fully saturated rings. The largest absolute Gasteiger partial charge is 0.593 e. The third kappa shape index (κ3) is 2.37. The maximum atomic E-state index is 13.1. The molecule has 0 saturated heterocycles. The van der Waals surface area contributed by atoms with Crippen molar-refractivity contribution in [3.05, 3.63) is 23.3 Å². The molecule has 0 bridgehead atoms. The smallest absolute Gasteiger partial charge is 0.300 e. The van der Waals surface area contributed by atoms with Gasteiger partial charge in [-0.2, -0.15) is 17.2 Å². The van der Waals surface area contributed by atoms with Gasteiger partial charge in [0.2, 0.25) is 11.6 Å². The molecule has 1 rings (SSSR count). The Kier molecular flexibility index (Phi) is 3.69. The van der Waals surface area contributed by atoms with Crippen molar-refractivity contribution >= 4 is 21.5 Å². The molecule has 1 aromatic rings. The van der Waals surface area contributed by atoms with Gasteiger partial charge in [-0.15, -0.1) is 5.14 Å². The number of nitrogens with two attached hydrogens (primary N) is 1. The fourth-order valence-corrected chi connectivity index (χ4v) is 2.16. The zero-order chi connectivity index (χ0) is 13.5. The van der Waals surface area contributed by atoms with E-state index < -0.39 is 54.5 Å². The molecule has 0 radical (unpaired) electrons. The van der Waals surface area contributed by atoms with Gasteiger partial charge in [0.05, 0.1) is 11.4 Å². The maximum Gasteiger partial charge on any atom is 0.300 e. The molecule has 0 aromatic heterocycles. The summed E-state index contributed by atoms with van der Waals surface area (Å²) in [6.45, 7) is 0. The highest BCUT2D eigenvalue weighted by molar-refractivity contribution is 7.89. The summed E-state index contributed by atoms with van der Waals surface area (Å²) in [6.07, 6.45) is 0. The van der Waals surface area contributed by atoms with E-state index in [2.05, 4.69) is 5.14 Å². The molecule has 5 nitrogen and oxygen atoms in total. The van der Waals surface area contributed by atoms with E-state index in [1.807, 2.05) is 0 Å². The van der Waals surface area contributed by atoms with Crippen LogP contribution in [0.3, 0.4) is 0 Å². The third-order valence-corrected chi connectivity index (χ3v) is 3.28. The van der Waals surface area contributed by atoms with E-state index in [4.69, 9.17) is 4.55 Å². The summed E-state index contributed by atoms with van der Waals surface area (Å²) in [5, 5.41) is 4.56. The predicted octanol–water partition coefficient (Wildman–Crippen LogP) is 0.471. The summed E-state index contributed by atoms with van der Waals surface area (Å²) in [6, 6.07) is 0. The molecule has 1 aromatic carbocycles. The normalized spacial score (nSPS) is 13.8. The Morgan fingerprint density at radius 1 is 1.06 bits per heavy atom. The molecular formula is C6H3F4NO4S2. The average molecular weight is 293 g/mol. The lowest BCUT2D eigenvalue weighted by atomic mass is 10.3. The van der Waals surface area contributed by atoms with E-state index in [1.54, 1.807) is 0 Å². The Morgan fingerprint density at radius 2 is 1.41 bits per heavy atom. The lowest BCUT2D eigenvalue weighted by molar-refractivity contribution is 0.380. The molecule has 0 amide bonds. The van der Waals surface area contributed by atoms with Crippen LogP contribution in [0.25, 0.3) is 0 Å². The van der Waals surface area contributed by atoms with E-state index in [1.165, 1.54) is 0 Å². The first kappa shape index (κ1) is 14.2. The van der Waals surface area contributed by atoms with Gasteiger partial charge in [0.25, 0.3) is 4.90 Å². The van der Waals surface area contributed by atoms with Crippen LogP contribution in [-0.4, -0.2) is 17.5 Å². The molecule has 17 heavy (non-hydrogen) atoms. The zero-order valence-electron chi connectivity index (χ0n) is 7.58. The Balaban J connectivity index is 3.84. The monoisotopic (exact) mass is 293 g/mol. The zero-order valence-corrected chi connectivity index (χ0v) is 9.21. The quantitative estimate of drug-likeness (QED) is 0.357. The summed E-state index contributed by atoms with van der Waals surface area (Å²) >= 11 is -2.91. The first-order chi connectivity index (χ1) is 7.59. The van der Waals surface area contributed by atoms with Crippen LogP contribution >= 0.6 is 0 Å². The SMILES string of the molecule is N[S+]([O-])c1c(F)c(F)c(S(=O)(=O)O)c(F)c1F. The highest BCUT2D eigenvalue weighted by atomic mass is 32.2. The molecule has 0 heterocycles. The van der Waals surface area contributed by atoms with Crippen LogP contribution in [0.2, 0.25) is 0 Å². The van der Waals surface area contributed by atoms with Crippen molar-refractivity contribution in [2.75, 3.05) is 0 Å². The second-order valence-corrected chi connectivity index (χ2v) is 5.05. The molecule has 0 aliphatic carbocycles. The van der Waals surface area contributed by atoms with Gasteiger partial charge in [0.15, 0.2) is 16.5 Å². The summed E-state index contributed by atoms with van der Waals surface area (Å²) in [5.41, 5.74) is 0. The Hall–Kier alpha value is -0.880. The minimum Gasteiger partial charge on any atom is -0.593 e. The molecule has 0 spiro atoms. The minimum atomic E-state index is -5.52. The number of hydrogen-bond acceptors (Lipinski definition) is 4. The predicted molar refractivity (Wildman–Crippen MR) is 46.7 cm³/mol. The van der Waals surface area contributed by atoms with Crippen LogP contribution < -0.4 is 5.14 Å². The molecule has 96 valence electrons. The van der Waals surface area contributed by atoms with E-state index in [9.17, 15) is 30.5 Å². The van der Waals surface area contributed by atoms with Gasteiger partial charge in [-0.05, 0) is 0 Å². The van der Waals surface area contributed by atoms with Crippen LogP contribution in [0, 0.1) is 23.3 Å². The maximum absolute atomic E-state index is 13.1. The van der Waals surface area contributed by atoms with Crippen LogP contribution in [0.1, 0.15) is 0 Å².